The number of carbonyl (C=O) groups is 2. The smallest absolute Gasteiger partial charge is 0.267 e. The lowest BCUT2D eigenvalue weighted by atomic mass is 10.1. The quantitative estimate of drug-likeness (QED) is 0.700. The largest absolute Gasteiger partial charge is 0.269 e. The molecule has 1 saturated heterocycles. The lowest BCUT2D eigenvalue weighted by Gasteiger charge is -2.21. The van der Waals surface area contributed by atoms with E-state index in [1.54, 1.807) is 25.1 Å². The second-order valence-corrected chi connectivity index (χ2v) is 9.50. The fourth-order valence-electron chi connectivity index (χ4n) is 3.34. The first kappa shape index (κ1) is 22.3. The van der Waals surface area contributed by atoms with Crippen molar-refractivity contribution in [3.8, 4) is 0 Å². The van der Waals surface area contributed by atoms with Crippen molar-refractivity contribution in [2.24, 2.45) is 0 Å². The van der Waals surface area contributed by atoms with Gasteiger partial charge < -0.3 is 0 Å². The van der Waals surface area contributed by atoms with Crippen molar-refractivity contribution in [2.75, 3.05) is 13.1 Å². The molecule has 2 N–H and O–H groups in total. The van der Waals surface area contributed by atoms with Gasteiger partial charge in [0.05, 0.1) is 5.02 Å². The van der Waals surface area contributed by atoms with Gasteiger partial charge in [-0.15, -0.1) is 0 Å². The SMILES string of the molecule is Cc1ccccc1C(=O)NNC(=O)c1ccc(Cl)c(S(=O)(=O)N2CCCCCC2)c1. The molecule has 160 valence electrons. The van der Waals surface area contributed by atoms with Crippen molar-refractivity contribution >= 4 is 33.4 Å². The molecular formula is C21H24ClN3O4S. The molecule has 2 amide bonds. The molecule has 7 nitrogen and oxygen atoms in total. The Morgan fingerprint density at radius 3 is 2.23 bits per heavy atom. The van der Waals surface area contributed by atoms with Crippen molar-refractivity contribution in [1.82, 2.24) is 15.2 Å². The molecule has 3 rings (SSSR count). The Kier molecular flexibility index (Phi) is 7.12. The Hall–Kier alpha value is -2.42. The maximum atomic E-state index is 13.1. The van der Waals surface area contributed by atoms with Crippen molar-refractivity contribution in [2.45, 2.75) is 37.5 Å². The average molecular weight is 450 g/mol. The van der Waals surface area contributed by atoms with E-state index in [-0.39, 0.29) is 15.5 Å². The van der Waals surface area contributed by atoms with E-state index >= 15 is 0 Å². The second-order valence-electron chi connectivity index (χ2n) is 7.19. The summed E-state index contributed by atoms with van der Waals surface area (Å²) in [5.41, 5.74) is 5.95. The lowest BCUT2D eigenvalue weighted by molar-refractivity contribution is 0.0846. The maximum Gasteiger partial charge on any atom is 0.269 e. The molecule has 0 spiro atoms. The first-order chi connectivity index (χ1) is 14.3. The number of sulfonamides is 1. The van der Waals surface area contributed by atoms with Gasteiger partial charge in [-0.25, -0.2) is 8.42 Å². The number of hydrogen-bond donors (Lipinski definition) is 2. The maximum absolute atomic E-state index is 13.1. The monoisotopic (exact) mass is 449 g/mol. The fraction of sp³-hybridized carbons (Fsp3) is 0.333. The molecule has 0 bridgehead atoms. The standard InChI is InChI=1S/C21H24ClN3O4S/c1-15-8-4-5-9-17(15)21(27)24-23-20(26)16-10-11-18(22)19(14-16)30(28,29)25-12-6-2-3-7-13-25/h4-5,8-11,14H,2-3,6-7,12-13H2,1H3,(H,23,26)(H,24,27). The molecule has 0 saturated carbocycles. The molecule has 2 aromatic carbocycles. The molecule has 0 atom stereocenters. The van der Waals surface area contributed by atoms with Crippen LogP contribution in [0.1, 0.15) is 52.0 Å². The molecule has 1 heterocycles. The average Bonchev–Trinajstić information content (AvgIpc) is 3.02. The number of aryl methyl sites for hydroxylation is 1. The summed E-state index contributed by atoms with van der Waals surface area (Å²) in [5, 5.41) is 0.0553. The second kappa shape index (κ2) is 9.59. The summed E-state index contributed by atoms with van der Waals surface area (Å²) < 4.78 is 27.5. The normalized spacial score (nSPS) is 15.3. The molecule has 0 unspecified atom stereocenters. The van der Waals surface area contributed by atoms with E-state index in [9.17, 15) is 18.0 Å². The van der Waals surface area contributed by atoms with Crippen molar-refractivity contribution < 1.29 is 18.0 Å². The number of halogens is 1. The third kappa shape index (κ3) is 5.00. The molecule has 0 aromatic heterocycles. The molecule has 0 aliphatic carbocycles. The number of hydrazine groups is 1. The van der Waals surface area contributed by atoms with Crippen molar-refractivity contribution in [1.29, 1.82) is 0 Å². The fourth-order valence-corrected chi connectivity index (χ4v) is 5.36. The first-order valence-corrected chi connectivity index (χ1v) is 11.6. The number of carbonyl (C=O) groups excluding carboxylic acids is 2. The van der Waals surface area contributed by atoms with Crippen LogP contribution in [-0.2, 0) is 10.0 Å². The Balaban J connectivity index is 1.76. The van der Waals surface area contributed by atoms with E-state index in [1.165, 1.54) is 22.5 Å². The van der Waals surface area contributed by atoms with Gasteiger partial charge in [0.1, 0.15) is 4.90 Å². The van der Waals surface area contributed by atoms with Crippen LogP contribution < -0.4 is 10.9 Å². The molecule has 2 aromatic rings. The Morgan fingerprint density at radius 2 is 1.57 bits per heavy atom. The summed E-state index contributed by atoms with van der Waals surface area (Å²) in [4.78, 5) is 24.7. The summed E-state index contributed by atoms with van der Waals surface area (Å²) in [6.45, 7) is 2.65. The van der Waals surface area contributed by atoms with Gasteiger partial charge in [-0.2, -0.15) is 4.31 Å². The summed E-state index contributed by atoms with van der Waals surface area (Å²) >= 11 is 6.16. The number of benzene rings is 2. The number of hydrogen-bond acceptors (Lipinski definition) is 4. The van der Waals surface area contributed by atoms with Crippen molar-refractivity contribution in [3.05, 3.63) is 64.2 Å². The zero-order chi connectivity index (χ0) is 21.7. The van der Waals surface area contributed by atoms with Gasteiger partial charge in [-0.3, -0.25) is 20.4 Å². The van der Waals surface area contributed by atoms with Crippen LogP contribution in [0.3, 0.4) is 0 Å². The lowest BCUT2D eigenvalue weighted by Crippen LogP contribution is -2.42. The highest BCUT2D eigenvalue weighted by Crippen LogP contribution is 2.27. The summed E-state index contributed by atoms with van der Waals surface area (Å²) in [5.74, 6) is -1.10. The predicted molar refractivity (Wildman–Crippen MR) is 115 cm³/mol. The molecule has 1 aliphatic rings. The van der Waals surface area contributed by atoms with Gasteiger partial charge in [-0.1, -0.05) is 42.6 Å². The zero-order valence-corrected chi connectivity index (χ0v) is 18.2. The zero-order valence-electron chi connectivity index (χ0n) is 16.7. The number of rotatable bonds is 4. The Morgan fingerprint density at radius 1 is 0.933 bits per heavy atom. The third-order valence-electron chi connectivity index (χ3n) is 5.06. The highest BCUT2D eigenvalue weighted by molar-refractivity contribution is 7.89. The van der Waals surface area contributed by atoms with Crippen LogP contribution in [0.2, 0.25) is 5.02 Å². The van der Waals surface area contributed by atoms with Crippen LogP contribution in [-0.4, -0.2) is 37.6 Å². The van der Waals surface area contributed by atoms with E-state index in [2.05, 4.69) is 10.9 Å². The van der Waals surface area contributed by atoms with Crippen LogP contribution in [0.25, 0.3) is 0 Å². The molecule has 9 heteroatoms. The van der Waals surface area contributed by atoms with Gasteiger partial charge in [0.2, 0.25) is 10.0 Å². The number of amides is 2. The first-order valence-electron chi connectivity index (χ1n) is 9.77. The summed E-state index contributed by atoms with van der Waals surface area (Å²) in [7, 11) is -3.82. The van der Waals surface area contributed by atoms with Crippen LogP contribution >= 0.6 is 11.6 Å². The predicted octanol–water partition coefficient (Wildman–Crippen LogP) is 3.29. The van der Waals surface area contributed by atoms with E-state index in [4.69, 9.17) is 11.6 Å². The molecule has 1 aliphatic heterocycles. The van der Waals surface area contributed by atoms with Gasteiger partial charge in [0.25, 0.3) is 11.8 Å². The van der Waals surface area contributed by atoms with Gasteiger partial charge >= 0.3 is 0 Å². The summed E-state index contributed by atoms with van der Waals surface area (Å²) in [6, 6.07) is 11.0. The Bertz CT molecular complexity index is 1050. The minimum Gasteiger partial charge on any atom is -0.267 e. The van der Waals surface area contributed by atoms with Crippen molar-refractivity contribution in [3.63, 3.8) is 0 Å². The minimum atomic E-state index is -3.82. The Labute approximate surface area is 181 Å². The van der Waals surface area contributed by atoms with E-state index in [0.717, 1.165) is 31.2 Å². The number of nitrogens with zero attached hydrogens (tertiary/aromatic N) is 1. The topological polar surface area (TPSA) is 95.6 Å². The number of nitrogens with one attached hydrogen (secondary N) is 2. The molecule has 0 radical (unpaired) electrons. The van der Waals surface area contributed by atoms with Gasteiger partial charge in [0.15, 0.2) is 0 Å². The molecular weight excluding hydrogens is 426 g/mol. The van der Waals surface area contributed by atoms with E-state index in [0.29, 0.717) is 18.7 Å². The third-order valence-corrected chi connectivity index (χ3v) is 7.44. The van der Waals surface area contributed by atoms with Gasteiger partial charge in [-0.05, 0) is 49.6 Å². The molecule has 1 fully saturated rings. The van der Waals surface area contributed by atoms with Crippen LogP contribution in [0.5, 0.6) is 0 Å². The van der Waals surface area contributed by atoms with E-state index < -0.39 is 21.8 Å². The van der Waals surface area contributed by atoms with Crippen LogP contribution in [0.4, 0.5) is 0 Å². The highest BCUT2D eigenvalue weighted by Gasteiger charge is 2.28. The van der Waals surface area contributed by atoms with Crippen LogP contribution in [0, 0.1) is 6.92 Å². The van der Waals surface area contributed by atoms with Crippen LogP contribution in [0.15, 0.2) is 47.4 Å². The van der Waals surface area contributed by atoms with E-state index in [1.807, 2.05) is 6.07 Å². The molecule has 30 heavy (non-hydrogen) atoms. The summed E-state index contributed by atoms with van der Waals surface area (Å²) in [6.07, 6.45) is 3.56. The highest BCUT2D eigenvalue weighted by atomic mass is 35.5. The van der Waals surface area contributed by atoms with Gasteiger partial charge in [0, 0.05) is 24.2 Å². The minimum absolute atomic E-state index is 0.0553.